The van der Waals surface area contributed by atoms with Gasteiger partial charge in [-0.3, -0.25) is 4.99 Å². The number of rotatable bonds is 1. The van der Waals surface area contributed by atoms with E-state index in [4.69, 9.17) is 4.99 Å². The Hall–Kier alpha value is -0.180. The number of nitrogens with zero attached hydrogens (tertiary/aromatic N) is 1. The van der Waals surface area contributed by atoms with Crippen molar-refractivity contribution in [2.75, 3.05) is 12.3 Å². The van der Waals surface area contributed by atoms with E-state index in [1.807, 2.05) is 11.8 Å². The Morgan fingerprint density at radius 1 is 1.12 bits per heavy atom. The van der Waals surface area contributed by atoms with Gasteiger partial charge in [0, 0.05) is 18.3 Å². The van der Waals surface area contributed by atoms with E-state index in [0.29, 0.717) is 5.41 Å². The van der Waals surface area contributed by atoms with Gasteiger partial charge in [-0.25, -0.2) is 0 Å². The maximum absolute atomic E-state index is 4.80. The molecule has 0 aromatic heterocycles. The topological polar surface area (TPSA) is 24.4 Å². The quantitative estimate of drug-likeness (QED) is 0.759. The molecule has 0 amide bonds. The zero-order valence-electron chi connectivity index (χ0n) is 10.0. The molecule has 1 heterocycles. The molecule has 0 aromatic rings. The molecule has 3 heteroatoms. The minimum absolute atomic E-state index is 0.589. The van der Waals surface area contributed by atoms with Gasteiger partial charge in [-0.1, -0.05) is 37.4 Å². The average Bonchev–Trinajstić information content (AvgIpc) is 2.94. The second-order valence-electron chi connectivity index (χ2n) is 5.74. The highest BCUT2D eigenvalue weighted by Gasteiger charge is 2.36. The van der Waals surface area contributed by atoms with Crippen molar-refractivity contribution >= 4 is 16.9 Å². The molecule has 0 unspecified atom stereocenters. The first-order valence-corrected chi connectivity index (χ1v) is 7.79. The summed E-state index contributed by atoms with van der Waals surface area (Å²) in [7, 11) is 0. The number of aliphatic imine (C=N–C) groups is 1. The monoisotopic (exact) mass is 238 g/mol. The Labute approximate surface area is 103 Å². The van der Waals surface area contributed by atoms with E-state index in [1.54, 1.807) is 0 Å². The van der Waals surface area contributed by atoms with Crippen molar-refractivity contribution in [2.24, 2.45) is 10.4 Å². The number of thioether (sulfide) groups is 1. The van der Waals surface area contributed by atoms with Crippen LogP contribution in [-0.2, 0) is 0 Å². The van der Waals surface area contributed by atoms with Crippen molar-refractivity contribution in [3.05, 3.63) is 0 Å². The van der Waals surface area contributed by atoms with E-state index in [-0.39, 0.29) is 0 Å². The number of nitrogens with one attached hydrogen (secondary N) is 1. The van der Waals surface area contributed by atoms with Crippen LogP contribution in [0, 0.1) is 5.41 Å². The number of amidine groups is 1. The fourth-order valence-corrected chi connectivity index (χ4v) is 4.54. The van der Waals surface area contributed by atoms with Crippen molar-refractivity contribution in [2.45, 2.75) is 57.4 Å². The molecule has 1 aliphatic heterocycles. The summed E-state index contributed by atoms with van der Waals surface area (Å²) in [6.07, 6.45) is 11.2. The fourth-order valence-electron chi connectivity index (χ4n) is 3.31. The number of hydrogen-bond acceptors (Lipinski definition) is 3. The van der Waals surface area contributed by atoms with Gasteiger partial charge >= 0.3 is 0 Å². The smallest absolute Gasteiger partial charge is 0.156 e. The summed E-state index contributed by atoms with van der Waals surface area (Å²) in [6.45, 7) is 1.09. The van der Waals surface area contributed by atoms with Crippen LogP contribution in [0.25, 0.3) is 0 Å². The van der Waals surface area contributed by atoms with Gasteiger partial charge < -0.3 is 5.32 Å². The van der Waals surface area contributed by atoms with Crippen LogP contribution in [-0.4, -0.2) is 23.5 Å². The Morgan fingerprint density at radius 3 is 2.50 bits per heavy atom. The van der Waals surface area contributed by atoms with Crippen LogP contribution in [0.1, 0.15) is 51.4 Å². The second kappa shape index (κ2) is 4.59. The molecule has 0 atom stereocenters. The fraction of sp³-hybridized carbons (Fsp3) is 0.923. The lowest BCUT2D eigenvalue weighted by Crippen LogP contribution is -2.37. The van der Waals surface area contributed by atoms with Crippen molar-refractivity contribution in [1.82, 2.24) is 5.32 Å². The summed E-state index contributed by atoms with van der Waals surface area (Å²) in [6, 6.07) is 0.726. The van der Waals surface area contributed by atoms with Crippen molar-refractivity contribution < 1.29 is 0 Å². The molecule has 2 nitrogen and oxygen atoms in total. The maximum Gasteiger partial charge on any atom is 0.156 e. The Morgan fingerprint density at radius 2 is 1.88 bits per heavy atom. The van der Waals surface area contributed by atoms with Crippen LogP contribution < -0.4 is 5.32 Å². The summed E-state index contributed by atoms with van der Waals surface area (Å²) in [5.41, 5.74) is 0.589. The molecule has 2 fully saturated rings. The lowest BCUT2D eigenvalue weighted by molar-refractivity contribution is 0.358. The summed E-state index contributed by atoms with van der Waals surface area (Å²) in [4.78, 5) is 4.80. The molecule has 0 saturated heterocycles. The van der Waals surface area contributed by atoms with Gasteiger partial charge in [0.1, 0.15) is 0 Å². The highest BCUT2D eigenvalue weighted by Crippen LogP contribution is 2.43. The van der Waals surface area contributed by atoms with Crippen molar-refractivity contribution in [3.8, 4) is 0 Å². The van der Waals surface area contributed by atoms with Crippen LogP contribution >= 0.6 is 11.8 Å². The number of hydrogen-bond donors (Lipinski definition) is 1. The summed E-state index contributed by atoms with van der Waals surface area (Å²) in [5, 5.41) is 4.88. The van der Waals surface area contributed by atoms with Gasteiger partial charge in [-0.15, -0.1) is 0 Å². The van der Waals surface area contributed by atoms with Crippen molar-refractivity contribution in [3.63, 3.8) is 0 Å². The van der Waals surface area contributed by atoms with Crippen LogP contribution in [0.15, 0.2) is 4.99 Å². The molecule has 3 aliphatic rings. The van der Waals surface area contributed by atoms with E-state index in [9.17, 15) is 0 Å². The molecule has 3 rings (SSSR count). The summed E-state index contributed by atoms with van der Waals surface area (Å²) in [5.74, 6) is 1.31. The van der Waals surface area contributed by atoms with Crippen LogP contribution in [0.5, 0.6) is 0 Å². The van der Waals surface area contributed by atoms with Crippen LogP contribution in [0.2, 0.25) is 0 Å². The molecule has 90 valence electrons. The zero-order valence-corrected chi connectivity index (χ0v) is 10.8. The molecule has 1 N–H and O–H groups in total. The minimum Gasteiger partial charge on any atom is -0.362 e. The summed E-state index contributed by atoms with van der Waals surface area (Å²) < 4.78 is 0. The van der Waals surface area contributed by atoms with Gasteiger partial charge in [-0.05, 0) is 31.1 Å². The lowest BCUT2D eigenvalue weighted by Gasteiger charge is -2.31. The molecule has 0 bridgehead atoms. The largest absolute Gasteiger partial charge is 0.362 e. The van der Waals surface area contributed by atoms with Crippen molar-refractivity contribution in [1.29, 1.82) is 0 Å². The zero-order chi connectivity index (χ0) is 10.8. The normalized spacial score (nSPS) is 29.6. The van der Waals surface area contributed by atoms with Gasteiger partial charge in [0.25, 0.3) is 0 Å². The predicted molar refractivity (Wildman–Crippen MR) is 71.1 cm³/mol. The summed E-state index contributed by atoms with van der Waals surface area (Å²) >= 11 is 1.99. The van der Waals surface area contributed by atoms with Crippen LogP contribution in [0.3, 0.4) is 0 Å². The molecule has 2 saturated carbocycles. The van der Waals surface area contributed by atoms with E-state index in [0.717, 1.165) is 12.6 Å². The third-order valence-electron chi connectivity index (χ3n) is 4.42. The molecule has 2 aliphatic carbocycles. The molecule has 0 aromatic carbocycles. The molecule has 1 spiro atoms. The Bertz CT molecular complexity index is 276. The van der Waals surface area contributed by atoms with Gasteiger partial charge in [0.15, 0.2) is 5.17 Å². The molecule has 16 heavy (non-hydrogen) atoms. The maximum atomic E-state index is 4.80. The third kappa shape index (κ3) is 2.24. The first kappa shape index (κ1) is 10.9. The standard InChI is InChI=1S/C13H22N2S/c1-2-6-11(5-1)15-12-14-9-13(10-16-12)7-3-4-8-13/h11H,1-10H2,(H,14,15). The lowest BCUT2D eigenvalue weighted by atomic mass is 9.89. The Balaban J connectivity index is 1.56. The first-order valence-electron chi connectivity index (χ1n) is 6.80. The first-order chi connectivity index (χ1) is 7.86. The highest BCUT2D eigenvalue weighted by atomic mass is 32.2. The van der Waals surface area contributed by atoms with E-state index >= 15 is 0 Å². The highest BCUT2D eigenvalue weighted by molar-refractivity contribution is 8.13. The third-order valence-corrected chi connectivity index (χ3v) is 5.70. The minimum atomic E-state index is 0.589. The van der Waals surface area contributed by atoms with E-state index < -0.39 is 0 Å². The molecule has 0 radical (unpaired) electrons. The van der Waals surface area contributed by atoms with Gasteiger partial charge in [0.05, 0.1) is 0 Å². The molecular weight excluding hydrogens is 216 g/mol. The van der Waals surface area contributed by atoms with Gasteiger partial charge in [-0.2, -0.15) is 0 Å². The predicted octanol–water partition coefficient (Wildman–Crippen LogP) is 3.18. The Kier molecular flexibility index (Phi) is 3.14. The second-order valence-corrected chi connectivity index (χ2v) is 6.71. The van der Waals surface area contributed by atoms with Gasteiger partial charge in [0.2, 0.25) is 0 Å². The SMILES string of the molecule is C1CCC(NC2=NCC3(CCCC3)CS2)C1. The van der Waals surface area contributed by atoms with Crippen LogP contribution in [0.4, 0.5) is 0 Å². The molecular formula is C13H22N2S. The van der Waals surface area contributed by atoms with E-state index in [1.165, 1.54) is 62.3 Å². The van der Waals surface area contributed by atoms with E-state index in [2.05, 4.69) is 5.32 Å². The average molecular weight is 238 g/mol.